The Bertz CT molecular complexity index is 520. The topological polar surface area (TPSA) is 88.3 Å². The largest absolute Gasteiger partial charge is 0.347 e. The Balaban J connectivity index is 1.82. The van der Waals surface area contributed by atoms with E-state index >= 15 is 0 Å². The van der Waals surface area contributed by atoms with Crippen LogP contribution in [0.25, 0.3) is 0 Å². The van der Waals surface area contributed by atoms with E-state index in [1.807, 2.05) is 13.2 Å². The van der Waals surface area contributed by atoms with Crippen molar-refractivity contribution in [3.63, 3.8) is 0 Å². The third kappa shape index (κ3) is 4.46. The summed E-state index contributed by atoms with van der Waals surface area (Å²) in [4.78, 5) is 29.9. The summed E-state index contributed by atoms with van der Waals surface area (Å²) < 4.78 is 5.08. The van der Waals surface area contributed by atoms with E-state index in [1.54, 1.807) is 16.7 Å². The predicted molar refractivity (Wildman–Crippen MR) is 83.0 cm³/mol. The van der Waals surface area contributed by atoms with Crippen LogP contribution in [0.3, 0.4) is 0 Å². The zero-order chi connectivity index (χ0) is 15.9. The summed E-state index contributed by atoms with van der Waals surface area (Å²) in [5.41, 5.74) is 0. The Labute approximate surface area is 134 Å². The Morgan fingerprint density at radius 3 is 3.05 bits per heavy atom. The molecule has 122 valence electrons. The number of carbonyl (C=O) groups is 2. The minimum absolute atomic E-state index is 0.0572. The van der Waals surface area contributed by atoms with Gasteiger partial charge in [-0.25, -0.2) is 0 Å². The fourth-order valence-corrected chi connectivity index (χ4v) is 2.87. The Hall–Kier alpha value is -1.57. The molecular weight excluding hydrogens is 304 g/mol. The molecule has 0 bridgehead atoms. The Morgan fingerprint density at radius 1 is 1.50 bits per heavy atom. The highest BCUT2D eigenvalue weighted by atomic mass is 32.2. The highest BCUT2D eigenvalue weighted by Gasteiger charge is 2.27. The van der Waals surface area contributed by atoms with Crippen LogP contribution in [0.4, 0.5) is 0 Å². The number of likely N-dealkylation sites (tertiary alicyclic amines) is 1. The van der Waals surface area contributed by atoms with Crippen molar-refractivity contribution in [1.29, 1.82) is 0 Å². The lowest BCUT2D eigenvalue weighted by molar-refractivity contribution is -0.135. The smallest absolute Gasteiger partial charge is 0.246 e. The SMILES string of the molecule is CCC(=O)N1CCC[C@@H](C(=O)NCc2nc(CSC)no2)C1. The number of hydrogen-bond donors (Lipinski definition) is 1. The van der Waals surface area contributed by atoms with E-state index in [0.29, 0.717) is 30.4 Å². The number of nitrogens with one attached hydrogen (secondary N) is 1. The molecule has 1 aromatic heterocycles. The Kier molecular flexibility index (Phi) is 6.23. The number of aromatic nitrogens is 2. The highest BCUT2D eigenvalue weighted by Crippen LogP contribution is 2.17. The quantitative estimate of drug-likeness (QED) is 0.845. The van der Waals surface area contributed by atoms with Gasteiger partial charge in [-0.2, -0.15) is 16.7 Å². The lowest BCUT2D eigenvalue weighted by Gasteiger charge is -2.31. The third-order valence-corrected chi connectivity index (χ3v) is 4.19. The van der Waals surface area contributed by atoms with Crippen LogP contribution >= 0.6 is 11.8 Å². The van der Waals surface area contributed by atoms with E-state index in [-0.39, 0.29) is 24.3 Å². The standard InChI is InChI=1S/C14H22N4O3S/c1-3-13(19)18-6-4-5-10(8-18)14(20)15-7-12-16-11(9-22-2)17-21-12/h10H,3-9H2,1-2H3,(H,15,20)/t10-/m1/s1. The van der Waals surface area contributed by atoms with Gasteiger partial charge >= 0.3 is 0 Å². The first kappa shape index (κ1) is 16.8. The van der Waals surface area contributed by atoms with Crippen molar-refractivity contribution in [3.8, 4) is 0 Å². The molecule has 2 rings (SSSR count). The van der Waals surface area contributed by atoms with Crippen molar-refractivity contribution < 1.29 is 14.1 Å². The summed E-state index contributed by atoms with van der Waals surface area (Å²) in [5, 5.41) is 6.65. The molecule has 1 aromatic rings. The van der Waals surface area contributed by atoms with Crippen LogP contribution in [0.15, 0.2) is 4.52 Å². The fraction of sp³-hybridized carbons (Fsp3) is 0.714. The number of carbonyl (C=O) groups excluding carboxylic acids is 2. The van der Waals surface area contributed by atoms with Gasteiger partial charge in [0.1, 0.15) is 0 Å². The first-order valence-electron chi connectivity index (χ1n) is 7.50. The summed E-state index contributed by atoms with van der Waals surface area (Å²) in [6.45, 7) is 3.32. The number of nitrogens with zero attached hydrogens (tertiary/aromatic N) is 3. The van der Waals surface area contributed by atoms with Crippen molar-refractivity contribution >= 4 is 23.6 Å². The maximum Gasteiger partial charge on any atom is 0.246 e. The second-order valence-corrected chi connectivity index (χ2v) is 6.15. The van der Waals surface area contributed by atoms with Gasteiger partial charge in [-0.1, -0.05) is 12.1 Å². The zero-order valence-electron chi connectivity index (χ0n) is 13.0. The normalized spacial score (nSPS) is 18.3. The molecule has 1 aliphatic rings. The second kappa shape index (κ2) is 8.17. The summed E-state index contributed by atoms with van der Waals surface area (Å²) in [6.07, 6.45) is 4.11. The summed E-state index contributed by atoms with van der Waals surface area (Å²) in [5.74, 6) is 1.63. The van der Waals surface area contributed by atoms with Crippen molar-refractivity contribution in [3.05, 3.63) is 11.7 Å². The summed E-state index contributed by atoms with van der Waals surface area (Å²) >= 11 is 1.61. The minimum atomic E-state index is -0.155. The van der Waals surface area contributed by atoms with E-state index in [9.17, 15) is 9.59 Å². The molecule has 0 spiro atoms. The molecule has 8 heteroatoms. The molecule has 1 saturated heterocycles. The highest BCUT2D eigenvalue weighted by molar-refractivity contribution is 7.97. The molecule has 0 unspecified atom stereocenters. The number of rotatable bonds is 6. The van der Waals surface area contributed by atoms with Crippen LogP contribution < -0.4 is 5.32 Å². The average Bonchev–Trinajstić information content (AvgIpc) is 3.00. The monoisotopic (exact) mass is 326 g/mol. The van der Waals surface area contributed by atoms with Crippen LogP contribution in [0.2, 0.25) is 0 Å². The zero-order valence-corrected chi connectivity index (χ0v) is 13.8. The molecule has 1 fully saturated rings. The van der Waals surface area contributed by atoms with Crippen LogP contribution in [0, 0.1) is 5.92 Å². The molecule has 7 nitrogen and oxygen atoms in total. The van der Waals surface area contributed by atoms with E-state index < -0.39 is 0 Å². The van der Waals surface area contributed by atoms with Gasteiger partial charge in [0.15, 0.2) is 5.82 Å². The van der Waals surface area contributed by atoms with Crippen molar-refractivity contribution in [1.82, 2.24) is 20.4 Å². The first-order chi connectivity index (χ1) is 10.6. The van der Waals surface area contributed by atoms with Crippen LogP contribution in [-0.2, 0) is 21.9 Å². The van der Waals surface area contributed by atoms with E-state index in [2.05, 4.69) is 15.5 Å². The predicted octanol–water partition coefficient (Wildman–Crippen LogP) is 1.20. The van der Waals surface area contributed by atoms with Gasteiger partial charge in [-0.15, -0.1) is 0 Å². The Morgan fingerprint density at radius 2 is 2.32 bits per heavy atom. The lowest BCUT2D eigenvalue weighted by atomic mass is 9.97. The molecule has 0 radical (unpaired) electrons. The molecule has 0 aliphatic carbocycles. The fourth-order valence-electron chi connectivity index (χ4n) is 2.50. The molecule has 1 aliphatic heterocycles. The number of piperidine rings is 1. The van der Waals surface area contributed by atoms with Crippen molar-refractivity contribution in [2.75, 3.05) is 19.3 Å². The minimum Gasteiger partial charge on any atom is -0.347 e. The third-order valence-electron chi connectivity index (χ3n) is 3.64. The van der Waals surface area contributed by atoms with Gasteiger partial charge in [0.25, 0.3) is 0 Å². The second-order valence-electron chi connectivity index (χ2n) is 5.29. The van der Waals surface area contributed by atoms with Gasteiger partial charge < -0.3 is 14.7 Å². The van der Waals surface area contributed by atoms with E-state index in [1.165, 1.54) is 0 Å². The summed E-state index contributed by atoms with van der Waals surface area (Å²) in [6, 6.07) is 0. The number of amides is 2. The van der Waals surface area contributed by atoms with E-state index in [4.69, 9.17) is 4.52 Å². The summed E-state index contributed by atoms with van der Waals surface area (Å²) in [7, 11) is 0. The molecule has 0 saturated carbocycles. The average molecular weight is 326 g/mol. The van der Waals surface area contributed by atoms with Gasteiger partial charge in [-0.05, 0) is 19.1 Å². The molecule has 2 amide bonds. The molecular formula is C14H22N4O3S. The first-order valence-corrected chi connectivity index (χ1v) is 8.89. The molecule has 1 N–H and O–H groups in total. The number of thioether (sulfide) groups is 1. The van der Waals surface area contributed by atoms with Crippen molar-refractivity contribution in [2.24, 2.45) is 5.92 Å². The van der Waals surface area contributed by atoms with Gasteiger partial charge in [-0.3, -0.25) is 9.59 Å². The molecule has 2 heterocycles. The van der Waals surface area contributed by atoms with Gasteiger partial charge in [0.2, 0.25) is 17.7 Å². The van der Waals surface area contributed by atoms with Gasteiger partial charge in [0.05, 0.1) is 18.2 Å². The molecule has 1 atom stereocenters. The lowest BCUT2D eigenvalue weighted by Crippen LogP contribution is -2.45. The maximum atomic E-state index is 12.2. The molecule has 22 heavy (non-hydrogen) atoms. The van der Waals surface area contributed by atoms with Crippen molar-refractivity contribution in [2.45, 2.75) is 38.5 Å². The van der Waals surface area contributed by atoms with Gasteiger partial charge in [0, 0.05) is 19.5 Å². The number of hydrogen-bond acceptors (Lipinski definition) is 6. The van der Waals surface area contributed by atoms with E-state index in [0.717, 1.165) is 19.4 Å². The maximum absolute atomic E-state index is 12.2. The molecule has 0 aromatic carbocycles. The van der Waals surface area contributed by atoms with Crippen LogP contribution in [0.5, 0.6) is 0 Å². The van der Waals surface area contributed by atoms with Crippen LogP contribution in [0.1, 0.15) is 37.9 Å². The van der Waals surface area contributed by atoms with Crippen LogP contribution in [-0.4, -0.2) is 46.2 Å².